The van der Waals surface area contributed by atoms with Crippen LogP contribution in [0.2, 0.25) is 0 Å². The summed E-state index contributed by atoms with van der Waals surface area (Å²) in [4.78, 5) is 27.7. The molecule has 0 spiro atoms. The molecule has 0 aromatic heterocycles. The highest BCUT2D eigenvalue weighted by Crippen LogP contribution is 2.45. The number of piperidine rings is 1. The normalized spacial score (nSPS) is 26.1. The van der Waals surface area contributed by atoms with E-state index >= 15 is 0 Å². The lowest BCUT2D eigenvalue weighted by molar-refractivity contribution is -0.161. The number of ether oxygens (including phenoxy) is 4. The van der Waals surface area contributed by atoms with Crippen molar-refractivity contribution in [2.24, 2.45) is 11.3 Å². The van der Waals surface area contributed by atoms with Gasteiger partial charge in [-0.2, -0.15) is 0 Å². The van der Waals surface area contributed by atoms with Gasteiger partial charge in [0, 0.05) is 37.5 Å². The van der Waals surface area contributed by atoms with Gasteiger partial charge in [0.25, 0.3) is 0 Å². The topological polar surface area (TPSA) is 74.3 Å². The van der Waals surface area contributed by atoms with E-state index in [0.717, 1.165) is 5.56 Å². The lowest BCUT2D eigenvalue weighted by Crippen LogP contribution is -2.63. The van der Waals surface area contributed by atoms with E-state index in [4.69, 9.17) is 18.9 Å². The highest BCUT2D eigenvalue weighted by Gasteiger charge is 2.54. The van der Waals surface area contributed by atoms with Crippen LogP contribution in [0, 0.1) is 11.3 Å². The number of carbonyl (C=O) groups excluding carboxylic acids is 2. The second-order valence-electron chi connectivity index (χ2n) is 9.65. The Kier molecular flexibility index (Phi) is 7.73. The van der Waals surface area contributed by atoms with E-state index in [1.54, 1.807) is 12.0 Å². The lowest BCUT2D eigenvalue weighted by atomic mass is 9.64. The summed E-state index contributed by atoms with van der Waals surface area (Å²) in [6.07, 6.45) is 1.40. The number of Topliss-reactive ketones (excluding diaryl/α,β-unsaturated/α-hetero) is 1. The summed E-state index contributed by atoms with van der Waals surface area (Å²) in [7, 11) is 1.56. The monoisotopic (exact) mass is 433 g/mol. The Labute approximate surface area is 185 Å². The molecule has 1 aromatic carbocycles. The first-order valence-corrected chi connectivity index (χ1v) is 10.9. The van der Waals surface area contributed by atoms with E-state index in [0.29, 0.717) is 39.0 Å². The molecule has 7 nitrogen and oxygen atoms in total. The van der Waals surface area contributed by atoms with Crippen LogP contribution in [0.15, 0.2) is 30.3 Å². The summed E-state index contributed by atoms with van der Waals surface area (Å²) < 4.78 is 22.6. The molecule has 1 aliphatic heterocycles. The van der Waals surface area contributed by atoms with Gasteiger partial charge >= 0.3 is 6.09 Å². The maximum Gasteiger partial charge on any atom is 0.410 e. The molecule has 0 N–H and O–H groups in total. The zero-order valence-corrected chi connectivity index (χ0v) is 19.1. The smallest absolute Gasteiger partial charge is 0.410 e. The summed E-state index contributed by atoms with van der Waals surface area (Å²) >= 11 is 0. The van der Waals surface area contributed by atoms with Crippen molar-refractivity contribution in [2.45, 2.75) is 58.3 Å². The van der Waals surface area contributed by atoms with Gasteiger partial charge < -0.3 is 23.8 Å². The summed E-state index contributed by atoms with van der Waals surface area (Å²) in [6, 6.07) is 9.91. The van der Waals surface area contributed by atoms with E-state index in [1.807, 2.05) is 51.1 Å². The van der Waals surface area contributed by atoms with Crippen LogP contribution in [0.3, 0.4) is 0 Å². The first-order chi connectivity index (χ1) is 14.7. The van der Waals surface area contributed by atoms with Crippen LogP contribution in [0.5, 0.6) is 0 Å². The van der Waals surface area contributed by atoms with Gasteiger partial charge in [-0.25, -0.2) is 4.79 Å². The molecule has 172 valence electrons. The van der Waals surface area contributed by atoms with Crippen molar-refractivity contribution in [1.82, 2.24) is 4.90 Å². The van der Waals surface area contributed by atoms with Gasteiger partial charge in [-0.1, -0.05) is 30.3 Å². The molecule has 1 amide bonds. The van der Waals surface area contributed by atoms with Crippen molar-refractivity contribution in [1.29, 1.82) is 0 Å². The molecule has 2 fully saturated rings. The average Bonchev–Trinajstić information content (AvgIpc) is 2.72. The fraction of sp³-hybridized carbons (Fsp3) is 0.667. The molecule has 1 heterocycles. The maximum atomic E-state index is 13.0. The molecule has 31 heavy (non-hydrogen) atoms. The fourth-order valence-corrected chi connectivity index (χ4v) is 4.60. The third kappa shape index (κ3) is 6.05. The van der Waals surface area contributed by atoms with Crippen molar-refractivity contribution in [3.63, 3.8) is 0 Å². The van der Waals surface area contributed by atoms with Crippen molar-refractivity contribution >= 4 is 11.9 Å². The first-order valence-electron chi connectivity index (χ1n) is 10.9. The van der Waals surface area contributed by atoms with E-state index in [9.17, 15) is 9.59 Å². The van der Waals surface area contributed by atoms with Crippen LogP contribution in [0.1, 0.15) is 45.6 Å². The van der Waals surface area contributed by atoms with Crippen molar-refractivity contribution < 1.29 is 28.5 Å². The summed E-state index contributed by atoms with van der Waals surface area (Å²) in [5, 5.41) is 0. The number of methoxy groups -OCH3 is 1. The van der Waals surface area contributed by atoms with Gasteiger partial charge in [0.05, 0.1) is 19.8 Å². The molecule has 1 aliphatic carbocycles. The second kappa shape index (κ2) is 10.1. The summed E-state index contributed by atoms with van der Waals surface area (Å²) in [6.45, 7) is 7.09. The minimum atomic E-state index is -0.641. The molecule has 1 aromatic rings. The van der Waals surface area contributed by atoms with Gasteiger partial charge in [-0.05, 0) is 39.2 Å². The Morgan fingerprint density at radius 2 is 1.87 bits per heavy atom. The van der Waals surface area contributed by atoms with E-state index < -0.39 is 11.0 Å². The van der Waals surface area contributed by atoms with Gasteiger partial charge in [0.2, 0.25) is 0 Å². The zero-order valence-electron chi connectivity index (χ0n) is 19.1. The average molecular weight is 434 g/mol. The number of rotatable bonds is 8. The first kappa shape index (κ1) is 23.7. The van der Waals surface area contributed by atoms with E-state index in [-0.39, 0.29) is 37.2 Å². The summed E-state index contributed by atoms with van der Waals surface area (Å²) in [5.41, 5.74) is -0.168. The highest BCUT2D eigenvalue weighted by atomic mass is 16.7. The van der Waals surface area contributed by atoms with Crippen molar-refractivity contribution in [3.8, 4) is 0 Å². The Morgan fingerprint density at radius 3 is 2.55 bits per heavy atom. The predicted molar refractivity (Wildman–Crippen MR) is 115 cm³/mol. The molecule has 2 aliphatic rings. The highest BCUT2D eigenvalue weighted by molar-refractivity contribution is 5.84. The van der Waals surface area contributed by atoms with Crippen molar-refractivity contribution in [3.05, 3.63) is 35.9 Å². The van der Waals surface area contributed by atoms with Crippen molar-refractivity contribution in [2.75, 3.05) is 33.7 Å². The number of ketones is 1. The molecule has 1 saturated heterocycles. The quantitative estimate of drug-likeness (QED) is 0.459. The summed E-state index contributed by atoms with van der Waals surface area (Å²) in [5.74, 6) is 0.0157. The lowest BCUT2D eigenvalue weighted by Gasteiger charge is -2.52. The van der Waals surface area contributed by atoms with Crippen LogP contribution in [-0.4, -0.2) is 62.1 Å². The Bertz CT molecular complexity index is 746. The number of hydrogen-bond donors (Lipinski definition) is 0. The number of likely N-dealkylation sites (tertiary alicyclic amines) is 1. The van der Waals surface area contributed by atoms with Gasteiger partial charge in [0.1, 0.15) is 18.2 Å². The Balaban J connectivity index is 1.81. The molecule has 0 unspecified atom stereocenters. The van der Waals surface area contributed by atoms with Gasteiger partial charge in [0.15, 0.2) is 0 Å². The second-order valence-corrected chi connectivity index (χ2v) is 9.65. The number of hydrogen-bond acceptors (Lipinski definition) is 6. The maximum absolute atomic E-state index is 13.0. The molecular weight excluding hydrogens is 398 g/mol. The van der Waals surface area contributed by atoms with Crippen LogP contribution in [0.25, 0.3) is 0 Å². The number of fused-ring (bicyclic) bond motifs is 2. The van der Waals surface area contributed by atoms with Crippen LogP contribution < -0.4 is 0 Å². The molecule has 7 heteroatoms. The molecule has 3 atom stereocenters. The van der Waals surface area contributed by atoms with Crippen LogP contribution in [0.4, 0.5) is 4.79 Å². The van der Waals surface area contributed by atoms with Crippen LogP contribution in [-0.2, 0) is 30.3 Å². The number of nitrogens with zero attached hydrogens (tertiary/aromatic N) is 1. The SMILES string of the molecule is COCOC[C@]1(COCc2ccccc2)CN(C(=O)OC(C)(C)C)[C@@H]2CCC(=O)[C@H]1C2. The largest absolute Gasteiger partial charge is 0.444 e. The Morgan fingerprint density at radius 1 is 1.16 bits per heavy atom. The van der Waals surface area contributed by atoms with Gasteiger partial charge in [-0.15, -0.1) is 0 Å². The zero-order chi connectivity index (χ0) is 22.5. The predicted octanol–water partition coefficient (Wildman–Crippen LogP) is 3.80. The van der Waals surface area contributed by atoms with Gasteiger partial charge in [-0.3, -0.25) is 4.79 Å². The fourth-order valence-electron chi connectivity index (χ4n) is 4.60. The van der Waals surface area contributed by atoms with E-state index in [1.165, 1.54) is 0 Å². The minimum Gasteiger partial charge on any atom is -0.444 e. The standard InChI is InChI=1S/C24H35NO6/c1-23(2,3)31-22(27)25-14-24(16-30-17-28-4,20-12-19(25)10-11-21(20)26)15-29-13-18-8-6-5-7-9-18/h5-9,19-20H,10-17H2,1-4H3/t19-,20-,24-/m1/s1. The Hall–Kier alpha value is -1.96. The molecule has 2 bridgehead atoms. The minimum absolute atomic E-state index is 0.00206. The molecule has 0 radical (unpaired) electrons. The molecule has 3 rings (SSSR count). The third-order valence-electron chi connectivity index (χ3n) is 6.01. The molecular formula is C24H35NO6. The third-order valence-corrected chi connectivity index (χ3v) is 6.01. The number of amides is 1. The van der Waals surface area contributed by atoms with E-state index in [2.05, 4.69) is 0 Å². The molecule has 1 saturated carbocycles. The van der Waals surface area contributed by atoms with Crippen LogP contribution >= 0.6 is 0 Å². The number of carbonyl (C=O) groups is 2. The number of benzene rings is 1.